The number of rotatable bonds is 19. The van der Waals surface area contributed by atoms with E-state index in [0.29, 0.717) is 22.0 Å². The van der Waals surface area contributed by atoms with Crippen LogP contribution in [0, 0.1) is 0 Å². The number of hydrogen-bond acceptors (Lipinski definition) is 15. The number of anilines is 1. The summed E-state index contributed by atoms with van der Waals surface area (Å²) < 4.78 is 21.9. The lowest BCUT2D eigenvalue weighted by Crippen LogP contribution is -2.74. The third kappa shape index (κ3) is 10.5. The van der Waals surface area contributed by atoms with Crippen LogP contribution >= 0.6 is 34.9 Å². The highest BCUT2D eigenvalue weighted by Crippen LogP contribution is 2.42. The Kier molecular flexibility index (Phi) is 15.7. The van der Waals surface area contributed by atoms with Crippen LogP contribution in [0.3, 0.4) is 0 Å². The Bertz CT molecular complexity index is 3220. The zero-order chi connectivity index (χ0) is 50.9. The van der Waals surface area contributed by atoms with E-state index in [4.69, 9.17) is 14.6 Å². The van der Waals surface area contributed by atoms with Crippen LogP contribution in [0.5, 0.6) is 0 Å². The van der Waals surface area contributed by atoms with Gasteiger partial charge in [-0.2, -0.15) is 11.8 Å². The van der Waals surface area contributed by atoms with Gasteiger partial charge in [0.2, 0.25) is 0 Å². The van der Waals surface area contributed by atoms with Gasteiger partial charge in [-0.05, 0) is 51.1 Å². The predicted molar refractivity (Wildman–Crippen MR) is 284 cm³/mol. The summed E-state index contributed by atoms with van der Waals surface area (Å²) in [5, 5.41) is 19.4. The van der Waals surface area contributed by atoms with E-state index < -0.39 is 62.8 Å². The second-order valence-electron chi connectivity index (χ2n) is 16.4. The first-order chi connectivity index (χ1) is 35.6. The number of nitrogens with one attached hydrogen (secondary N) is 3. The molecule has 2 aliphatic rings. The zero-order valence-electron chi connectivity index (χ0n) is 39.2. The summed E-state index contributed by atoms with van der Waals surface area (Å²) in [5.74, 6) is -2.14. The van der Waals surface area contributed by atoms with Crippen molar-refractivity contribution in [1.82, 2.24) is 30.0 Å². The number of ether oxygens (including phenoxy) is 1. The number of H-pyrrole nitrogens is 1. The zero-order valence-corrected chi connectivity index (χ0v) is 42.4. The van der Waals surface area contributed by atoms with Crippen molar-refractivity contribution < 1.29 is 28.2 Å². The molecule has 0 radical (unpaired) electrons. The van der Waals surface area contributed by atoms with E-state index in [-0.39, 0.29) is 40.1 Å². The topological polar surface area (TPSA) is 207 Å². The first-order valence-electron chi connectivity index (χ1n) is 22.7. The van der Waals surface area contributed by atoms with Crippen LogP contribution in [0.25, 0.3) is 0 Å². The maximum absolute atomic E-state index is 14.7. The molecule has 0 saturated carbocycles. The number of allylic oxidation sites excluding steroid dienone is 1. The van der Waals surface area contributed by atoms with Crippen molar-refractivity contribution in [2.45, 2.75) is 34.8 Å². The van der Waals surface area contributed by atoms with Gasteiger partial charge in [-0.1, -0.05) is 169 Å². The Balaban J connectivity index is 1.02. The fraction of sp³-hybridized carbons (Fsp3) is 0.170. The Morgan fingerprint density at radius 2 is 1.44 bits per heavy atom. The Morgan fingerprint density at radius 3 is 1.99 bits per heavy atom. The lowest BCUT2D eigenvalue weighted by Gasteiger charge is -2.49. The molecule has 2 aliphatic heterocycles. The third-order valence-electron chi connectivity index (χ3n) is 12.0. The van der Waals surface area contributed by atoms with Crippen molar-refractivity contribution >= 4 is 74.3 Å². The van der Waals surface area contributed by atoms with Crippen LogP contribution in [0.15, 0.2) is 200 Å². The monoisotopic (exact) mass is 1050 g/mol. The molecule has 0 spiro atoms. The molecule has 1 fully saturated rings. The van der Waals surface area contributed by atoms with E-state index in [2.05, 4.69) is 26.0 Å². The number of hydrogen-bond donors (Lipinski definition) is 3. The highest BCUT2D eigenvalue weighted by atomic mass is 32.2. The van der Waals surface area contributed by atoms with E-state index in [9.17, 15) is 28.2 Å². The number of nitrogens with zero attached hydrogens (tertiary/aromatic N) is 5. The second-order valence-corrected chi connectivity index (χ2v) is 20.6. The minimum Gasteiger partial charge on any atom is -0.448 e. The van der Waals surface area contributed by atoms with Crippen LogP contribution < -0.4 is 21.8 Å². The maximum Gasteiger partial charge on any atom is 0.356 e. The van der Waals surface area contributed by atoms with Gasteiger partial charge in [-0.3, -0.25) is 32.9 Å². The van der Waals surface area contributed by atoms with Gasteiger partial charge in [0, 0.05) is 17.7 Å². The molecule has 20 heteroatoms. The van der Waals surface area contributed by atoms with Gasteiger partial charge in [0.15, 0.2) is 22.1 Å². The van der Waals surface area contributed by atoms with Gasteiger partial charge in [0.1, 0.15) is 35.5 Å². The molecule has 0 bridgehead atoms. The minimum absolute atomic E-state index is 0.140. The van der Waals surface area contributed by atoms with E-state index in [1.165, 1.54) is 46.3 Å². The number of oxime groups is 1. The highest BCUT2D eigenvalue weighted by molar-refractivity contribution is 8.02. The fourth-order valence-electron chi connectivity index (χ4n) is 8.62. The average molecular weight is 1050 g/mol. The first kappa shape index (κ1) is 50.3. The first-order valence-corrected chi connectivity index (χ1v) is 27.2. The number of esters is 1. The fourth-order valence-corrected chi connectivity index (χ4v) is 12.1. The summed E-state index contributed by atoms with van der Waals surface area (Å²) >= 11 is 3.71. The largest absolute Gasteiger partial charge is 0.448 e. The molecule has 0 aliphatic carbocycles. The second kappa shape index (κ2) is 22.8. The van der Waals surface area contributed by atoms with Crippen LogP contribution in [-0.2, 0) is 46.8 Å². The Labute approximate surface area is 434 Å². The van der Waals surface area contributed by atoms with Crippen molar-refractivity contribution in [3.63, 3.8) is 0 Å². The van der Waals surface area contributed by atoms with E-state index >= 15 is 0 Å². The number of carbonyl (C=O) groups excluding carboxylic acids is 3. The van der Waals surface area contributed by atoms with Gasteiger partial charge in [0.05, 0.1) is 16.6 Å². The normalized spacial score (nSPS) is 16.8. The van der Waals surface area contributed by atoms with Crippen molar-refractivity contribution in [2.75, 3.05) is 30.2 Å². The van der Waals surface area contributed by atoms with Gasteiger partial charge in [-0.25, -0.2) is 14.9 Å². The average Bonchev–Trinajstić information content (AvgIpc) is 3.90. The molecule has 1 saturated heterocycles. The summed E-state index contributed by atoms with van der Waals surface area (Å²) in [6, 6.07) is 46.7. The van der Waals surface area contributed by atoms with E-state index in [0.717, 1.165) is 33.4 Å². The summed E-state index contributed by atoms with van der Waals surface area (Å²) in [6.45, 7) is 0.212. The summed E-state index contributed by atoms with van der Waals surface area (Å²) in [7, 11) is -0.607. The van der Waals surface area contributed by atoms with Crippen molar-refractivity contribution in [1.29, 1.82) is 0 Å². The van der Waals surface area contributed by atoms with Gasteiger partial charge >= 0.3 is 17.1 Å². The van der Waals surface area contributed by atoms with E-state index in [1.54, 1.807) is 5.38 Å². The molecule has 73 heavy (non-hydrogen) atoms. The lowest BCUT2D eigenvalue weighted by atomic mass is 9.77. The standard InChI is InChI=1S/C53H46N8O8S4/c1-68-59-41(40-32-72-51(54-40)56-53(37-22-12-5-13-23-37,38-24-14-6-15-25-38)39-26-16-7-17-27-39)45(62)55-42-47(64)61-43(50(66)69-44(34-18-8-3-9-19-34)35-20-10-4-11-21-35)36(33-73(67)49(42)61)28-30-71-52-58-57-46(63)48(65)60(52)29-31-70-2/h3-28,30,32,42,44,49H,29,31,33H2,1-2H3,(H,54,56)(H,55,62)(H,57,63). The Morgan fingerprint density at radius 1 is 0.877 bits per heavy atom. The van der Waals surface area contributed by atoms with Crippen LogP contribution in [0.4, 0.5) is 5.13 Å². The van der Waals surface area contributed by atoms with Gasteiger partial charge in [0.25, 0.3) is 11.8 Å². The Hall–Kier alpha value is -7.65. The molecular weight excluding hydrogens is 1000 g/mol. The number of fused-ring (bicyclic) bond motifs is 1. The smallest absolute Gasteiger partial charge is 0.356 e. The number of benzene rings is 5. The molecule has 3 N–H and O–H groups in total. The molecule has 7 aromatic rings. The number of β-lactam (4-membered cyclic amide) rings is 1. The molecule has 5 aromatic carbocycles. The molecule has 3 atom stereocenters. The highest BCUT2D eigenvalue weighted by Gasteiger charge is 2.57. The number of amides is 2. The van der Waals surface area contributed by atoms with Gasteiger partial charge in [-0.15, -0.1) is 16.4 Å². The molecule has 9 rings (SSSR count). The SMILES string of the molecule is CON=C(C(=O)NC1C(=O)N2C(C(=O)OC(c3ccccc3)c3ccccc3)=C(C=CSc3n[nH]c(=O)c(=O)n3CCSC)CS(=O)C12)c1csc(NC(c2ccccc2)(c2ccccc2)c2ccccc2)n1. The third-order valence-corrected chi connectivity index (χ3v) is 15.8. The maximum atomic E-state index is 14.7. The van der Waals surface area contributed by atoms with Crippen LogP contribution in [0.2, 0.25) is 0 Å². The number of thiazole rings is 1. The predicted octanol–water partition coefficient (Wildman–Crippen LogP) is 6.81. The van der Waals surface area contributed by atoms with Crippen molar-refractivity contribution in [2.24, 2.45) is 5.16 Å². The molecule has 2 amide bonds. The molecule has 16 nitrogen and oxygen atoms in total. The molecular formula is C53H46N8O8S4. The summed E-state index contributed by atoms with van der Waals surface area (Å²) in [4.78, 5) is 79.7. The van der Waals surface area contributed by atoms with Gasteiger partial charge < -0.3 is 20.2 Å². The van der Waals surface area contributed by atoms with Crippen LogP contribution in [0.1, 0.15) is 39.6 Å². The quantitative estimate of drug-likeness (QED) is 0.0145. The number of carbonyl (C=O) groups is 3. The van der Waals surface area contributed by atoms with Crippen molar-refractivity contribution in [3.8, 4) is 0 Å². The molecule has 4 heterocycles. The van der Waals surface area contributed by atoms with Crippen LogP contribution in [-0.4, -0.2) is 88.6 Å². The summed E-state index contributed by atoms with van der Waals surface area (Å²) in [5.41, 5.74) is 1.45. The summed E-state index contributed by atoms with van der Waals surface area (Å²) in [6.07, 6.45) is 2.47. The molecule has 2 aromatic heterocycles. The molecule has 3 unspecified atom stereocenters. The van der Waals surface area contributed by atoms with E-state index in [1.807, 2.05) is 158 Å². The molecule has 370 valence electrons. The lowest BCUT2D eigenvalue weighted by molar-refractivity contribution is -0.154. The van der Waals surface area contributed by atoms with Crippen molar-refractivity contribution in [3.05, 3.63) is 234 Å². The minimum atomic E-state index is -1.89. The number of aromatic nitrogens is 4. The number of aromatic amines is 1. The number of thioether (sulfide) groups is 2.